The van der Waals surface area contributed by atoms with Crippen molar-refractivity contribution in [1.29, 1.82) is 0 Å². The molecular weight excluding hydrogens is 230 g/mol. The normalized spacial score (nSPS) is 15.5. The first kappa shape index (κ1) is 12.8. The van der Waals surface area contributed by atoms with Crippen molar-refractivity contribution in [1.82, 2.24) is 10.3 Å². The zero-order chi connectivity index (χ0) is 12.8. The maximum absolute atomic E-state index is 12.0. The smallest absolute Gasteiger partial charge is 0.255 e. The highest BCUT2D eigenvalue weighted by Crippen LogP contribution is 2.21. The van der Waals surface area contributed by atoms with Gasteiger partial charge in [0.15, 0.2) is 0 Å². The van der Waals surface area contributed by atoms with Crippen LogP contribution in [0.1, 0.15) is 29.6 Å². The second-order valence-electron chi connectivity index (χ2n) is 4.40. The van der Waals surface area contributed by atoms with Crippen LogP contribution in [0, 0.1) is 0 Å². The van der Waals surface area contributed by atoms with Gasteiger partial charge in [-0.2, -0.15) is 0 Å². The summed E-state index contributed by atoms with van der Waals surface area (Å²) in [7, 11) is 0. The van der Waals surface area contributed by atoms with Gasteiger partial charge in [0.2, 0.25) is 0 Å². The van der Waals surface area contributed by atoms with Crippen molar-refractivity contribution in [3.8, 4) is 0 Å². The Balaban J connectivity index is 2.16. The van der Waals surface area contributed by atoms with E-state index in [1.54, 1.807) is 18.3 Å². The Morgan fingerprint density at radius 3 is 2.89 bits per heavy atom. The average Bonchev–Trinajstić information content (AvgIpc) is 2.45. The Bertz CT molecular complexity index is 403. The molecule has 2 N–H and O–H groups in total. The van der Waals surface area contributed by atoms with E-state index in [-0.39, 0.29) is 19.1 Å². The van der Waals surface area contributed by atoms with E-state index < -0.39 is 0 Å². The highest BCUT2D eigenvalue weighted by atomic mass is 16.3. The number of nitrogens with one attached hydrogen (secondary N) is 1. The summed E-state index contributed by atoms with van der Waals surface area (Å²) in [5.41, 5.74) is 0.591. The molecule has 1 saturated heterocycles. The van der Waals surface area contributed by atoms with Gasteiger partial charge in [-0.15, -0.1) is 0 Å². The van der Waals surface area contributed by atoms with Crippen LogP contribution >= 0.6 is 0 Å². The second kappa shape index (κ2) is 6.35. The zero-order valence-electron chi connectivity index (χ0n) is 10.4. The van der Waals surface area contributed by atoms with E-state index >= 15 is 0 Å². The molecule has 1 aromatic heterocycles. The molecule has 98 valence electrons. The van der Waals surface area contributed by atoms with Gasteiger partial charge in [0.1, 0.15) is 5.82 Å². The fourth-order valence-corrected chi connectivity index (χ4v) is 2.20. The highest BCUT2D eigenvalue weighted by Gasteiger charge is 2.19. The Morgan fingerprint density at radius 2 is 2.17 bits per heavy atom. The maximum Gasteiger partial charge on any atom is 0.255 e. The Morgan fingerprint density at radius 1 is 1.39 bits per heavy atom. The van der Waals surface area contributed by atoms with Crippen LogP contribution in [0.15, 0.2) is 18.3 Å². The third kappa shape index (κ3) is 2.98. The minimum absolute atomic E-state index is 0.0505. The summed E-state index contributed by atoms with van der Waals surface area (Å²) < 4.78 is 0. The predicted octanol–water partition coefficient (Wildman–Crippen LogP) is 0.794. The summed E-state index contributed by atoms with van der Waals surface area (Å²) in [4.78, 5) is 18.5. The largest absolute Gasteiger partial charge is 0.395 e. The maximum atomic E-state index is 12.0. The standard InChI is InChI=1S/C13H19N3O2/c17-10-7-15-13(18)11-5-4-6-14-12(11)16-8-2-1-3-9-16/h4-6,17H,1-3,7-10H2,(H,15,18). The summed E-state index contributed by atoms with van der Waals surface area (Å²) >= 11 is 0. The minimum atomic E-state index is -0.169. The van der Waals surface area contributed by atoms with Crippen LogP contribution in [-0.2, 0) is 0 Å². The van der Waals surface area contributed by atoms with E-state index in [9.17, 15) is 4.79 Å². The molecule has 5 nitrogen and oxygen atoms in total. The Kier molecular flexibility index (Phi) is 4.52. The molecule has 0 aromatic carbocycles. The quantitative estimate of drug-likeness (QED) is 0.828. The van der Waals surface area contributed by atoms with E-state index in [1.807, 2.05) is 0 Å². The molecule has 5 heteroatoms. The molecule has 0 spiro atoms. The van der Waals surface area contributed by atoms with Crippen LogP contribution in [0.2, 0.25) is 0 Å². The predicted molar refractivity (Wildman–Crippen MR) is 69.7 cm³/mol. The first-order chi connectivity index (χ1) is 8.83. The fraction of sp³-hybridized carbons (Fsp3) is 0.538. The Labute approximate surface area is 107 Å². The van der Waals surface area contributed by atoms with Gasteiger partial charge in [-0.05, 0) is 31.4 Å². The molecule has 2 heterocycles. The summed E-state index contributed by atoms with van der Waals surface area (Å²) in [6.07, 6.45) is 5.25. The van der Waals surface area contributed by atoms with Gasteiger partial charge in [-0.3, -0.25) is 4.79 Å². The topological polar surface area (TPSA) is 65.5 Å². The molecule has 18 heavy (non-hydrogen) atoms. The van der Waals surface area contributed by atoms with Gasteiger partial charge in [-0.25, -0.2) is 4.98 Å². The number of anilines is 1. The number of aromatic nitrogens is 1. The van der Waals surface area contributed by atoms with E-state index in [0.29, 0.717) is 5.56 Å². The lowest BCUT2D eigenvalue weighted by molar-refractivity contribution is 0.0945. The first-order valence-corrected chi connectivity index (χ1v) is 6.42. The molecule has 1 aromatic rings. The third-order valence-corrected chi connectivity index (χ3v) is 3.08. The number of pyridine rings is 1. The number of hydrogen-bond donors (Lipinski definition) is 2. The van der Waals surface area contributed by atoms with Gasteiger partial charge in [-0.1, -0.05) is 0 Å². The van der Waals surface area contributed by atoms with Crippen molar-refractivity contribution >= 4 is 11.7 Å². The molecule has 0 bridgehead atoms. The number of aliphatic hydroxyl groups excluding tert-OH is 1. The molecule has 0 radical (unpaired) electrons. The van der Waals surface area contributed by atoms with Crippen molar-refractivity contribution in [2.75, 3.05) is 31.1 Å². The van der Waals surface area contributed by atoms with Gasteiger partial charge in [0.05, 0.1) is 12.2 Å². The minimum Gasteiger partial charge on any atom is -0.395 e. The van der Waals surface area contributed by atoms with E-state index in [2.05, 4.69) is 15.2 Å². The first-order valence-electron chi connectivity index (χ1n) is 6.42. The van der Waals surface area contributed by atoms with E-state index in [0.717, 1.165) is 31.7 Å². The summed E-state index contributed by atoms with van der Waals surface area (Å²) in [6, 6.07) is 3.55. The molecule has 1 aliphatic rings. The fourth-order valence-electron chi connectivity index (χ4n) is 2.20. The van der Waals surface area contributed by atoms with Crippen molar-refractivity contribution in [3.63, 3.8) is 0 Å². The van der Waals surface area contributed by atoms with Gasteiger partial charge in [0, 0.05) is 25.8 Å². The lowest BCUT2D eigenvalue weighted by Gasteiger charge is -2.29. The zero-order valence-corrected chi connectivity index (χ0v) is 10.4. The lowest BCUT2D eigenvalue weighted by atomic mass is 10.1. The lowest BCUT2D eigenvalue weighted by Crippen LogP contribution is -2.34. The molecule has 0 saturated carbocycles. The van der Waals surface area contributed by atoms with E-state index in [4.69, 9.17) is 5.11 Å². The molecule has 1 fully saturated rings. The van der Waals surface area contributed by atoms with Crippen molar-refractivity contribution in [2.45, 2.75) is 19.3 Å². The number of hydrogen-bond acceptors (Lipinski definition) is 4. The van der Waals surface area contributed by atoms with Crippen LogP contribution in [0.5, 0.6) is 0 Å². The van der Waals surface area contributed by atoms with Crippen LogP contribution < -0.4 is 10.2 Å². The van der Waals surface area contributed by atoms with Crippen molar-refractivity contribution in [2.24, 2.45) is 0 Å². The highest BCUT2D eigenvalue weighted by molar-refractivity contribution is 5.98. The summed E-state index contributed by atoms with van der Waals surface area (Å²) in [6.45, 7) is 2.13. The van der Waals surface area contributed by atoms with Crippen LogP contribution in [0.25, 0.3) is 0 Å². The summed E-state index contributed by atoms with van der Waals surface area (Å²) in [5, 5.41) is 11.4. The molecule has 2 rings (SSSR count). The molecule has 1 aliphatic heterocycles. The number of carbonyl (C=O) groups is 1. The number of rotatable bonds is 4. The summed E-state index contributed by atoms with van der Waals surface area (Å²) in [5.74, 6) is 0.588. The third-order valence-electron chi connectivity index (χ3n) is 3.08. The van der Waals surface area contributed by atoms with Gasteiger partial charge in [0.25, 0.3) is 5.91 Å². The second-order valence-corrected chi connectivity index (χ2v) is 4.40. The Hall–Kier alpha value is -1.62. The van der Waals surface area contributed by atoms with Crippen LogP contribution in [-0.4, -0.2) is 42.2 Å². The number of amides is 1. The van der Waals surface area contributed by atoms with Crippen molar-refractivity contribution in [3.05, 3.63) is 23.9 Å². The number of aliphatic hydroxyl groups is 1. The molecule has 0 atom stereocenters. The molecule has 0 aliphatic carbocycles. The molecule has 1 amide bonds. The SMILES string of the molecule is O=C(NCCO)c1cccnc1N1CCCCC1. The number of piperidine rings is 1. The number of carbonyl (C=O) groups excluding carboxylic acids is 1. The average molecular weight is 249 g/mol. The van der Waals surface area contributed by atoms with Gasteiger partial charge < -0.3 is 15.3 Å². The van der Waals surface area contributed by atoms with Crippen LogP contribution in [0.3, 0.4) is 0 Å². The monoisotopic (exact) mass is 249 g/mol. The molecular formula is C13H19N3O2. The van der Waals surface area contributed by atoms with Gasteiger partial charge >= 0.3 is 0 Å². The molecule has 0 unspecified atom stereocenters. The number of nitrogens with zero attached hydrogens (tertiary/aromatic N) is 2. The van der Waals surface area contributed by atoms with Crippen LogP contribution in [0.4, 0.5) is 5.82 Å². The van der Waals surface area contributed by atoms with Crippen molar-refractivity contribution < 1.29 is 9.90 Å². The van der Waals surface area contributed by atoms with E-state index in [1.165, 1.54) is 6.42 Å².